The molecule has 0 spiro atoms. The Morgan fingerprint density at radius 2 is 1.04 bits per heavy atom. The molecule has 0 rings (SSSR count). The van der Waals surface area contributed by atoms with Gasteiger partial charge in [0.05, 0.1) is 13.2 Å². The van der Waals surface area contributed by atoms with E-state index >= 15 is 0 Å². The van der Waals surface area contributed by atoms with Gasteiger partial charge in [-0.15, -0.1) is 0 Å². The Kier molecular flexibility index (Phi) is 35.9. The molecule has 0 saturated carbocycles. The van der Waals surface area contributed by atoms with Crippen LogP contribution in [0, 0.1) is 0 Å². The summed E-state index contributed by atoms with van der Waals surface area (Å²) in [5.41, 5.74) is 0. The largest absolute Gasteiger partial charge is 0.462 e. The van der Waals surface area contributed by atoms with Crippen molar-refractivity contribution in [3.63, 3.8) is 0 Å². The molecule has 0 fully saturated rings. The first-order valence-corrected chi connectivity index (χ1v) is 19.8. The summed E-state index contributed by atoms with van der Waals surface area (Å²) >= 11 is 0. The molecule has 0 radical (unpaired) electrons. The lowest BCUT2D eigenvalue weighted by Crippen LogP contribution is -2.32. The first-order valence-electron chi connectivity index (χ1n) is 19.8. The van der Waals surface area contributed by atoms with Crippen LogP contribution in [-0.4, -0.2) is 62.4 Å². The van der Waals surface area contributed by atoms with E-state index in [4.69, 9.17) is 14.2 Å². The Bertz CT molecular complexity index is 830. The third kappa shape index (κ3) is 33.7. The van der Waals surface area contributed by atoms with Gasteiger partial charge in [-0.25, -0.2) is 0 Å². The Balaban J connectivity index is 4.14. The third-order valence-electron chi connectivity index (χ3n) is 8.39. The number of hydrogen-bond acceptors (Lipinski definition) is 6. The molecular formula is C42H75NO5. The summed E-state index contributed by atoms with van der Waals surface area (Å²) in [6.07, 6.45) is 38.8. The molecule has 0 aliphatic rings. The first-order chi connectivity index (χ1) is 23.6. The van der Waals surface area contributed by atoms with Crippen LogP contribution in [0.25, 0.3) is 0 Å². The molecule has 48 heavy (non-hydrogen) atoms. The van der Waals surface area contributed by atoms with Crippen LogP contribution in [-0.2, 0) is 23.8 Å². The van der Waals surface area contributed by atoms with Crippen LogP contribution in [0.2, 0.25) is 0 Å². The highest BCUT2D eigenvalue weighted by Gasteiger charge is 2.18. The molecule has 0 aromatic heterocycles. The highest BCUT2D eigenvalue weighted by atomic mass is 16.6. The molecule has 0 bridgehead atoms. The van der Waals surface area contributed by atoms with Crippen LogP contribution in [0.3, 0.4) is 0 Å². The van der Waals surface area contributed by atoms with Crippen LogP contribution in [0.1, 0.15) is 163 Å². The predicted octanol–water partition coefficient (Wildman–Crippen LogP) is 11.3. The number of esters is 2. The quantitative estimate of drug-likeness (QED) is 0.0379. The first kappa shape index (κ1) is 45.8. The maximum Gasteiger partial charge on any atom is 0.306 e. The highest BCUT2D eigenvalue weighted by Crippen LogP contribution is 2.11. The number of allylic oxidation sites excluding steroid dienone is 6. The minimum Gasteiger partial charge on any atom is -0.462 e. The molecule has 0 heterocycles. The van der Waals surface area contributed by atoms with Gasteiger partial charge in [-0.1, -0.05) is 102 Å². The molecule has 278 valence electrons. The van der Waals surface area contributed by atoms with E-state index in [1.165, 1.54) is 57.8 Å². The number of carbonyl (C=O) groups is 2. The van der Waals surface area contributed by atoms with E-state index in [9.17, 15) is 9.59 Å². The monoisotopic (exact) mass is 674 g/mol. The van der Waals surface area contributed by atoms with Crippen molar-refractivity contribution in [1.29, 1.82) is 0 Å². The lowest BCUT2D eigenvalue weighted by atomic mass is 10.1. The van der Waals surface area contributed by atoms with Gasteiger partial charge in [-0.05, 0) is 103 Å². The molecule has 1 atom stereocenters. The van der Waals surface area contributed by atoms with Gasteiger partial charge in [0.2, 0.25) is 0 Å². The van der Waals surface area contributed by atoms with Crippen LogP contribution in [0.4, 0.5) is 0 Å². The number of rotatable bonds is 35. The van der Waals surface area contributed by atoms with Gasteiger partial charge < -0.3 is 19.1 Å². The van der Waals surface area contributed by atoms with Crippen molar-refractivity contribution in [1.82, 2.24) is 4.90 Å². The number of ether oxygens (including phenoxy) is 3. The summed E-state index contributed by atoms with van der Waals surface area (Å²) in [5, 5.41) is 0. The molecule has 0 aromatic rings. The van der Waals surface area contributed by atoms with Crippen molar-refractivity contribution in [3.8, 4) is 0 Å². The summed E-state index contributed by atoms with van der Waals surface area (Å²) in [7, 11) is 0. The second kappa shape index (κ2) is 37.6. The molecule has 6 heteroatoms. The molecule has 0 aromatic carbocycles. The predicted molar refractivity (Wildman–Crippen MR) is 204 cm³/mol. The van der Waals surface area contributed by atoms with Crippen molar-refractivity contribution in [3.05, 3.63) is 48.6 Å². The summed E-state index contributed by atoms with van der Waals surface area (Å²) < 4.78 is 17.0. The van der Waals surface area contributed by atoms with Crippen LogP contribution < -0.4 is 0 Å². The fourth-order valence-electron chi connectivity index (χ4n) is 5.16. The van der Waals surface area contributed by atoms with E-state index in [1.807, 2.05) is 0 Å². The fourth-order valence-corrected chi connectivity index (χ4v) is 5.16. The molecule has 0 aliphatic carbocycles. The normalized spacial score (nSPS) is 12.8. The number of nitrogens with zero attached hydrogens (tertiary/aromatic N) is 1. The average Bonchev–Trinajstić information content (AvgIpc) is 3.09. The van der Waals surface area contributed by atoms with Gasteiger partial charge in [-0.3, -0.25) is 9.59 Å². The zero-order chi connectivity index (χ0) is 35.2. The summed E-state index contributed by atoms with van der Waals surface area (Å²) in [6, 6.07) is 0. The maximum atomic E-state index is 12.6. The summed E-state index contributed by atoms with van der Waals surface area (Å²) in [4.78, 5) is 27.3. The van der Waals surface area contributed by atoms with E-state index in [1.54, 1.807) is 0 Å². The molecule has 6 nitrogen and oxygen atoms in total. The van der Waals surface area contributed by atoms with E-state index in [-0.39, 0.29) is 18.5 Å². The Morgan fingerprint density at radius 1 is 0.562 bits per heavy atom. The minimum absolute atomic E-state index is 0.136. The van der Waals surface area contributed by atoms with Crippen molar-refractivity contribution in [2.45, 2.75) is 169 Å². The number of carbonyl (C=O) groups excluding carboxylic acids is 2. The van der Waals surface area contributed by atoms with Gasteiger partial charge in [0, 0.05) is 25.8 Å². The molecule has 0 amide bonds. The van der Waals surface area contributed by atoms with E-state index in [0.29, 0.717) is 25.9 Å². The van der Waals surface area contributed by atoms with Gasteiger partial charge >= 0.3 is 11.9 Å². The van der Waals surface area contributed by atoms with Gasteiger partial charge in [0.25, 0.3) is 0 Å². The van der Waals surface area contributed by atoms with E-state index < -0.39 is 6.10 Å². The Labute approximate surface area is 296 Å². The van der Waals surface area contributed by atoms with Crippen molar-refractivity contribution < 1.29 is 23.8 Å². The van der Waals surface area contributed by atoms with Gasteiger partial charge in [-0.2, -0.15) is 0 Å². The smallest absolute Gasteiger partial charge is 0.306 e. The highest BCUT2D eigenvalue weighted by molar-refractivity contribution is 5.70. The second-order valence-electron chi connectivity index (χ2n) is 12.8. The zero-order valence-electron chi connectivity index (χ0n) is 31.8. The van der Waals surface area contributed by atoms with E-state index in [0.717, 1.165) is 84.0 Å². The molecular weight excluding hydrogens is 598 g/mol. The number of unbranched alkanes of at least 4 members (excludes halogenated alkanes) is 12. The van der Waals surface area contributed by atoms with Crippen molar-refractivity contribution in [2.75, 3.05) is 39.5 Å². The van der Waals surface area contributed by atoms with Gasteiger partial charge in [0.15, 0.2) is 0 Å². The summed E-state index contributed by atoms with van der Waals surface area (Å²) in [6.45, 7) is 13.0. The average molecular weight is 674 g/mol. The van der Waals surface area contributed by atoms with Crippen LogP contribution >= 0.6 is 0 Å². The molecule has 0 saturated heterocycles. The Hall–Kier alpha value is -2.18. The lowest BCUT2D eigenvalue weighted by Gasteiger charge is -2.23. The fraction of sp³-hybridized carbons (Fsp3) is 0.762. The minimum atomic E-state index is -0.398. The number of hydrogen-bond donors (Lipinski definition) is 0. The zero-order valence-corrected chi connectivity index (χ0v) is 31.8. The molecule has 0 unspecified atom stereocenters. The molecule has 0 N–H and O–H groups in total. The summed E-state index contributed by atoms with van der Waals surface area (Å²) in [5.74, 6) is -0.406. The van der Waals surface area contributed by atoms with Gasteiger partial charge in [0.1, 0.15) is 12.7 Å². The van der Waals surface area contributed by atoms with Crippen LogP contribution in [0.15, 0.2) is 48.6 Å². The SMILES string of the molecule is CCCC/C=C\COCC/C=C\CCCCC(=O)OC[C@H](CCN(CC)CC)OC(=O)CCCC/C=C\CCCC/C=C\CCCCC. The van der Waals surface area contributed by atoms with Crippen molar-refractivity contribution >= 4 is 11.9 Å². The van der Waals surface area contributed by atoms with E-state index in [2.05, 4.69) is 81.2 Å². The Morgan fingerprint density at radius 3 is 1.60 bits per heavy atom. The third-order valence-corrected chi connectivity index (χ3v) is 8.39. The standard InChI is InChI=1S/C42H75NO5/c1-5-9-11-13-14-15-16-17-18-19-20-21-22-26-30-34-42(45)48-40(35-36-43(7-3)8-4)39-47-41(44)33-29-25-23-24-28-32-38-46-37-31-27-12-10-6-2/h14-15,20-21,24,27-28,31,40H,5-13,16-19,22-23,25-26,29-30,32-39H2,1-4H3/b15-14-,21-20-,28-24-,31-27-/t40-/m0/s1. The second-order valence-corrected chi connectivity index (χ2v) is 12.8. The molecule has 0 aliphatic heterocycles. The topological polar surface area (TPSA) is 65.1 Å². The maximum absolute atomic E-state index is 12.6. The lowest BCUT2D eigenvalue weighted by molar-refractivity contribution is -0.159. The van der Waals surface area contributed by atoms with Crippen LogP contribution in [0.5, 0.6) is 0 Å². The van der Waals surface area contributed by atoms with Crippen molar-refractivity contribution in [2.24, 2.45) is 0 Å².